The number of sulfonamides is 1. The molecular weight excluding hydrogens is 429 g/mol. The van der Waals surface area contributed by atoms with Gasteiger partial charge in [0.1, 0.15) is 6.54 Å². The van der Waals surface area contributed by atoms with E-state index in [4.69, 9.17) is 11.6 Å². The van der Waals surface area contributed by atoms with Gasteiger partial charge in [-0.3, -0.25) is 9.10 Å². The number of benzene rings is 2. The number of carbonyl (C=O) groups excluding carboxylic acids is 1. The summed E-state index contributed by atoms with van der Waals surface area (Å²) in [4.78, 5) is 14.4. The Morgan fingerprint density at radius 3 is 2.52 bits per heavy atom. The minimum absolute atomic E-state index is 0.197. The summed E-state index contributed by atoms with van der Waals surface area (Å²) in [6.45, 7) is 1.20. The van der Waals surface area contributed by atoms with Crippen molar-refractivity contribution >= 4 is 38.9 Å². The second-order valence-corrected chi connectivity index (χ2v) is 9.19. The van der Waals surface area contributed by atoms with Crippen LogP contribution in [-0.2, 0) is 27.4 Å². The number of rotatable bonds is 4. The van der Waals surface area contributed by atoms with E-state index in [1.54, 1.807) is 12.1 Å². The predicted octanol–water partition coefficient (Wildman–Crippen LogP) is 4.10. The van der Waals surface area contributed by atoms with E-state index in [1.165, 1.54) is 4.90 Å². The molecule has 1 unspecified atom stereocenters. The number of fused-ring (bicyclic) bond motifs is 1. The summed E-state index contributed by atoms with van der Waals surface area (Å²) < 4.78 is 64.8. The van der Waals surface area contributed by atoms with Crippen LogP contribution in [0.5, 0.6) is 0 Å². The zero-order chi connectivity index (χ0) is 21.6. The summed E-state index contributed by atoms with van der Waals surface area (Å²) in [6.07, 6.45) is -3.31. The number of carbonyl (C=O) groups is 1. The van der Waals surface area contributed by atoms with E-state index in [-0.39, 0.29) is 11.7 Å². The van der Waals surface area contributed by atoms with Crippen molar-refractivity contribution in [1.29, 1.82) is 0 Å². The molecule has 0 saturated heterocycles. The quantitative estimate of drug-likeness (QED) is 0.710. The number of hydrogen-bond acceptors (Lipinski definition) is 3. The number of halogens is 4. The van der Waals surface area contributed by atoms with Crippen LogP contribution in [-0.4, -0.2) is 33.2 Å². The maximum atomic E-state index is 13.2. The van der Waals surface area contributed by atoms with Crippen molar-refractivity contribution < 1.29 is 26.4 Å². The zero-order valence-corrected chi connectivity index (χ0v) is 17.1. The van der Waals surface area contributed by atoms with Gasteiger partial charge in [-0.25, -0.2) is 8.42 Å². The van der Waals surface area contributed by atoms with E-state index in [1.807, 2.05) is 19.1 Å². The maximum Gasteiger partial charge on any atom is 0.417 e. The Balaban J connectivity index is 1.97. The Morgan fingerprint density at radius 1 is 1.24 bits per heavy atom. The monoisotopic (exact) mass is 446 g/mol. The van der Waals surface area contributed by atoms with Gasteiger partial charge in [0.25, 0.3) is 0 Å². The van der Waals surface area contributed by atoms with Gasteiger partial charge in [-0.2, -0.15) is 13.2 Å². The first-order chi connectivity index (χ1) is 13.4. The molecule has 0 aromatic heterocycles. The summed E-state index contributed by atoms with van der Waals surface area (Å²) in [5, 5.41) is -0.553. The molecule has 0 N–H and O–H groups in total. The molecule has 5 nitrogen and oxygen atoms in total. The Bertz CT molecular complexity index is 1060. The molecule has 156 valence electrons. The lowest BCUT2D eigenvalue weighted by molar-refractivity contribution is -0.137. The Hall–Kier alpha value is -2.26. The largest absolute Gasteiger partial charge is 0.417 e. The molecule has 1 aliphatic rings. The molecule has 10 heteroatoms. The first-order valence-electron chi connectivity index (χ1n) is 8.64. The summed E-state index contributed by atoms with van der Waals surface area (Å²) in [6, 6.07) is 9.79. The van der Waals surface area contributed by atoms with Crippen molar-refractivity contribution in [3.8, 4) is 0 Å². The maximum absolute atomic E-state index is 13.2. The van der Waals surface area contributed by atoms with E-state index >= 15 is 0 Å². The smallest absolute Gasteiger partial charge is 0.307 e. The molecule has 2 aromatic rings. The number of alkyl halides is 3. The van der Waals surface area contributed by atoms with E-state index in [0.717, 1.165) is 24.0 Å². The molecule has 2 aromatic carbocycles. The van der Waals surface area contributed by atoms with Crippen LogP contribution >= 0.6 is 11.6 Å². The molecular formula is C19H18ClF3N2O3S. The van der Waals surface area contributed by atoms with Crippen molar-refractivity contribution in [2.75, 3.05) is 22.0 Å². The second kappa shape index (κ2) is 7.53. The van der Waals surface area contributed by atoms with Gasteiger partial charge in [0.2, 0.25) is 15.9 Å². The summed E-state index contributed by atoms with van der Waals surface area (Å²) in [7, 11) is -4.04. The van der Waals surface area contributed by atoms with Gasteiger partial charge in [0, 0.05) is 11.7 Å². The standard InChI is InChI=1S/C19H18ClF3N2O3S/c1-12-9-13-5-3-4-6-17(13)25(12)18(26)11-24(29(2,27)28)14-7-8-16(20)15(10-14)19(21,22)23/h3-8,10,12H,9,11H2,1-2H3. The average molecular weight is 447 g/mol. The lowest BCUT2D eigenvalue weighted by Crippen LogP contribution is -2.45. The molecule has 1 atom stereocenters. The normalized spacial score (nSPS) is 16.6. The predicted molar refractivity (Wildman–Crippen MR) is 106 cm³/mol. The van der Waals surface area contributed by atoms with Gasteiger partial charge in [0.05, 0.1) is 22.5 Å². The summed E-state index contributed by atoms with van der Waals surface area (Å²) in [5.74, 6) is -0.531. The van der Waals surface area contributed by atoms with E-state index in [2.05, 4.69) is 0 Å². The Labute approximate surface area is 171 Å². The molecule has 3 rings (SSSR count). The number of anilines is 2. The van der Waals surface area contributed by atoms with E-state index in [9.17, 15) is 26.4 Å². The van der Waals surface area contributed by atoms with Crippen LogP contribution in [0, 0.1) is 0 Å². The Kier molecular flexibility index (Phi) is 5.57. The topological polar surface area (TPSA) is 57.7 Å². The molecule has 29 heavy (non-hydrogen) atoms. The van der Waals surface area contributed by atoms with Crippen LogP contribution in [0.3, 0.4) is 0 Å². The van der Waals surface area contributed by atoms with Crippen molar-refractivity contribution in [1.82, 2.24) is 0 Å². The highest BCUT2D eigenvalue weighted by Crippen LogP contribution is 2.38. The molecule has 0 spiro atoms. The van der Waals surface area contributed by atoms with Gasteiger partial charge in [0.15, 0.2) is 0 Å². The average Bonchev–Trinajstić information content (AvgIpc) is 2.94. The molecule has 1 amide bonds. The van der Waals surface area contributed by atoms with Crippen LogP contribution < -0.4 is 9.21 Å². The molecule has 0 radical (unpaired) electrons. The van der Waals surface area contributed by atoms with Gasteiger partial charge >= 0.3 is 6.18 Å². The van der Waals surface area contributed by atoms with E-state index < -0.39 is 39.2 Å². The minimum atomic E-state index is -4.76. The SMILES string of the molecule is CC1Cc2ccccc2N1C(=O)CN(c1ccc(Cl)c(C(F)(F)F)c1)S(C)(=O)=O. The third-order valence-corrected chi connectivity index (χ3v) is 6.17. The first kappa shape index (κ1) is 21.4. The van der Waals surface area contributed by atoms with Gasteiger partial charge < -0.3 is 4.90 Å². The number of amides is 1. The van der Waals surface area contributed by atoms with Gasteiger partial charge in [-0.15, -0.1) is 0 Å². The molecule has 1 aliphatic heterocycles. The fraction of sp³-hybridized carbons (Fsp3) is 0.316. The van der Waals surface area contributed by atoms with Crippen molar-refractivity contribution in [2.45, 2.75) is 25.6 Å². The van der Waals surface area contributed by atoms with Crippen molar-refractivity contribution in [2.24, 2.45) is 0 Å². The first-order valence-corrected chi connectivity index (χ1v) is 10.9. The molecule has 0 bridgehead atoms. The summed E-state index contributed by atoms with van der Waals surface area (Å²) in [5.41, 5.74) is 0.172. The third kappa shape index (κ3) is 4.35. The zero-order valence-electron chi connectivity index (χ0n) is 15.6. The highest BCUT2D eigenvalue weighted by Gasteiger charge is 2.36. The molecule has 0 aliphatic carbocycles. The Morgan fingerprint density at radius 2 is 1.90 bits per heavy atom. The minimum Gasteiger partial charge on any atom is -0.307 e. The third-order valence-electron chi connectivity index (χ3n) is 4.70. The van der Waals surface area contributed by atoms with Crippen LogP contribution in [0.25, 0.3) is 0 Å². The van der Waals surface area contributed by atoms with Gasteiger partial charge in [-0.05, 0) is 43.2 Å². The van der Waals surface area contributed by atoms with Gasteiger partial charge in [-0.1, -0.05) is 29.8 Å². The summed E-state index contributed by atoms with van der Waals surface area (Å²) >= 11 is 5.62. The van der Waals surface area contributed by atoms with Crippen molar-refractivity contribution in [3.05, 3.63) is 58.6 Å². The van der Waals surface area contributed by atoms with Crippen LogP contribution in [0.15, 0.2) is 42.5 Å². The van der Waals surface area contributed by atoms with Crippen LogP contribution in [0.2, 0.25) is 5.02 Å². The lowest BCUT2D eigenvalue weighted by atomic mass is 10.1. The number of nitrogens with zero attached hydrogens (tertiary/aromatic N) is 2. The fourth-order valence-corrected chi connectivity index (χ4v) is 4.50. The highest BCUT2D eigenvalue weighted by molar-refractivity contribution is 7.92. The van der Waals surface area contributed by atoms with E-state index in [0.29, 0.717) is 22.5 Å². The fourth-order valence-electron chi connectivity index (χ4n) is 3.43. The van der Waals surface area contributed by atoms with Crippen LogP contribution in [0.1, 0.15) is 18.1 Å². The number of hydrogen-bond donors (Lipinski definition) is 0. The second-order valence-electron chi connectivity index (χ2n) is 6.88. The molecule has 1 heterocycles. The number of para-hydroxylation sites is 1. The van der Waals surface area contributed by atoms with Crippen LogP contribution in [0.4, 0.5) is 24.5 Å². The van der Waals surface area contributed by atoms with Crippen molar-refractivity contribution in [3.63, 3.8) is 0 Å². The highest BCUT2D eigenvalue weighted by atomic mass is 35.5. The molecule has 0 saturated carbocycles. The molecule has 0 fully saturated rings. The lowest BCUT2D eigenvalue weighted by Gasteiger charge is -2.28.